The highest BCUT2D eigenvalue weighted by molar-refractivity contribution is 8.01. The first kappa shape index (κ1) is 6.35. The molecule has 0 radical (unpaired) electrons. The molecular weight excluding hydrogens is 158 g/mol. The fourth-order valence-electron chi connectivity index (χ4n) is 2.75. The Hall–Kier alpha value is -0.180. The quantitative estimate of drug-likeness (QED) is 0.532. The molecule has 3 aliphatic rings. The maximum Gasteiger partial charge on any atom is 0.226 e. The summed E-state index contributed by atoms with van der Waals surface area (Å²) in [7, 11) is 1.97. The second-order valence-corrected chi connectivity index (χ2v) is 5.30. The van der Waals surface area contributed by atoms with E-state index in [4.69, 9.17) is 0 Å². The number of hydrogen-bond donors (Lipinski definition) is 0. The Kier molecular flexibility index (Phi) is 1.02. The van der Waals surface area contributed by atoms with Crippen LogP contribution in [0.3, 0.4) is 0 Å². The van der Waals surface area contributed by atoms with E-state index < -0.39 is 0 Å². The van der Waals surface area contributed by atoms with Gasteiger partial charge in [-0.05, 0) is 12.8 Å². The Morgan fingerprint density at radius 1 is 1.55 bits per heavy atom. The zero-order valence-electron chi connectivity index (χ0n) is 6.49. The van der Waals surface area contributed by atoms with Gasteiger partial charge in [0, 0.05) is 23.6 Å². The summed E-state index contributed by atoms with van der Waals surface area (Å²) in [5.74, 6) is 0.807. The van der Waals surface area contributed by atoms with Crippen molar-refractivity contribution in [3.05, 3.63) is 0 Å². The van der Waals surface area contributed by atoms with E-state index in [1.807, 2.05) is 11.9 Å². The van der Waals surface area contributed by atoms with Gasteiger partial charge in [0.05, 0.1) is 5.92 Å². The number of amides is 1. The molecule has 0 aromatic heterocycles. The topological polar surface area (TPSA) is 20.3 Å². The molecule has 2 nitrogen and oxygen atoms in total. The number of hydrogen-bond acceptors (Lipinski definition) is 2. The van der Waals surface area contributed by atoms with Gasteiger partial charge in [0.25, 0.3) is 0 Å². The average Bonchev–Trinajstić information content (AvgIpc) is 2.60. The molecule has 0 aromatic rings. The first-order chi connectivity index (χ1) is 5.27. The highest BCUT2D eigenvalue weighted by Crippen LogP contribution is 2.55. The number of fused-ring (bicyclic) bond motifs is 1. The lowest BCUT2D eigenvalue weighted by Crippen LogP contribution is -2.30. The molecular formula is C8H11NOS. The summed E-state index contributed by atoms with van der Waals surface area (Å²) in [6, 6.07) is 0.594. The number of rotatable bonds is 0. The van der Waals surface area contributed by atoms with Crippen molar-refractivity contribution in [2.24, 2.45) is 5.92 Å². The SMILES string of the molecule is CN1C(=O)C2CC3CC1C2S3. The van der Waals surface area contributed by atoms with Crippen LogP contribution in [0.25, 0.3) is 0 Å². The number of carbonyl (C=O) groups excluding carboxylic acids is 1. The fourth-order valence-corrected chi connectivity index (χ4v) is 4.71. The van der Waals surface area contributed by atoms with Crippen LogP contribution in [0.5, 0.6) is 0 Å². The zero-order chi connectivity index (χ0) is 7.59. The van der Waals surface area contributed by atoms with Crippen molar-refractivity contribution in [1.82, 2.24) is 4.90 Å². The largest absolute Gasteiger partial charge is 0.341 e. The van der Waals surface area contributed by atoms with Crippen LogP contribution in [0.15, 0.2) is 0 Å². The van der Waals surface area contributed by atoms with Gasteiger partial charge in [0.1, 0.15) is 0 Å². The van der Waals surface area contributed by atoms with Crippen LogP contribution in [0.4, 0.5) is 0 Å². The van der Waals surface area contributed by atoms with Crippen molar-refractivity contribution in [2.45, 2.75) is 29.4 Å². The van der Waals surface area contributed by atoms with Crippen molar-refractivity contribution in [3.8, 4) is 0 Å². The normalized spacial score (nSPS) is 52.8. The summed E-state index contributed by atoms with van der Waals surface area (Å²) < 4.78 is 0. The van der Waals surface area contributed by atoms with E-state index in [0.29, 0.717) is 23.1 Å². The van der Waals surface area contributed by atoms with E-state index in [1.165, 1.54) is 6.42 Å². The van der Waals surface area contributed by atoms with Crippen molar-refractivity contribution in [2.75, 3.05) is 7.05 Å². The maximum atomic E-state index is 11.5. The molecule has 0 spiro atoms. The van der Waals surface area contributed by atoms with Gasteiger partial charge in [0.2, 0.25) is 5.91 Å². The second-order valence-electron chi connectivity index (χ2n) is 3.82. The second kappa shape index (κ2) is 1.76. The number of carbonyl (C=O) groups is 1. The summed E-state index contributed by atoms with van der Waals surface area (Å²) in [5, 5.41) is 1.47. The summed E-state index contributed by atoms with van der Waals surface area (Å²) in [6.07, 6.45) is 2.42. The number of thioether (sulfide) groups is 1. The minimum Gasteiger partial charge on any atom is -0.341 e. The lowest BCUT2D eigenvalue weighted by Gasteiger charge is -2.18. The van der Waals surface area contributed by atoms with Crippen LogP contribution in [-0.2, 0) is 4.79 Å². The summed E-state index contributed by atoms with van der Waals surface area (Å²) in [5.41, 5.74) is 0. The molecule has 3 fully saturated rings. The van der Waals surface area contributed by atoms with Gasteiger partial charge in [-0.25, -0.2) is 0 Å². The molecule has 3 heteroatoms. The van der Waals surface area contributed by atoms with E-state index in [1.54, 1.807) is 0 Å². The van der Waals surface area contributed by atoms with Crippen molar-refractivity contribution < 1.29 is 4.79 Å². The van der Waals surface area contributed by atoms with E-state index in [2.05, 4.69) is 11.8 Å². The highest BCUT2D eigenvalue weighted by Gasteiger charge is 2.57. The monoisotopic (exact) mass is 169 g/mol. The van der Waals surface area contributed by atoms with Crippen LogP contribution in [0, 0.1) is 5.92 Å². The molecule has 0 aromatic carbocycles. The molecule has 0 N–H and O–H groups in total. The van der Waals surface area contributed by atoms with Gasteiger partial charge in [0.15, 0.2) is 0 Å². The van der Waals surface area contributed by atoms with E-state index in [-0.39, 0.29) is 0 Å². The van der Waals surface area contributed by atoms with Gasteiger partial charge in [-0.3, -0.25) is 4.79 Å². The lowest BCUT2D eigenvalue weighted by molar-refractivity contribution is -0.130. The Balaban J connectivity index is 2.05. The minimum absolute atomic E-state index is 0.397. The molecule has 0 saturated carbocycles. The molecule has 11 heavy (non-hydrogen) atoms. The van der Waals surface area contributed by atoms with Crippen LogP contribution in [0.1, 0.15) is 12.8 Å². The number of nitrogens with zero attached hydrogens (tertiary/aromatic N) is 1. The Morgan fingerprint density at radius 3 is 2.91 bits per heavy atom. The van der Waals surface area contributed by atoms with Gasteiger partial charge in [-0.1, -0.05) is 0 Å². The lowest BCUT2D eigenvalue weighted by atomic mass is 9.90. The van der Waals surface area contributed by atoms with Crippen molar-refractivity contribution in [3.63, 3.8) is 0 Å². The smallest absolute Gasteiger partial charge is 0.226 e. The third kappa shape index (κ3) is 0.593. The van der Waals surface area contributed by atoms with Crippen molar-refractivity contribution in [1.29, 1.82) is 0 Å². The first-order valence-electron chi connectivity index (χ1n) is 4.19. The van der Waals surface area contributed by atoms with Gasteiger partial charge in [-0.2, -0.15) is 11.8 Å². The molecule has 3 heterocycles. The van der Waals surface area contributed by atoms with Crippen molar-refractivity contribution >= 4 is 17.7 Å². The summed E-state index contributed by atoms with van der Waals surface area (Å²) >= 11 is 2.06. The van der Waals surface area contributed by atoms with Gasteiger partial charge >= 0.3 is 0 Å². The molecule has 4 unspecified atom stereocenters. The molecule has 3 saturated heterocycles. The Morgan fingerprint density at radius 2 is 2.36 bits per heavy atom. The first-order valence-corrected chi connectivity index (χ1v) is 5.14. The molecule has 3 rings (SSSR count). The average molecular weight is 169 g/mol. The fraction of sp³-hybridized carbons (Fsp3) is 0.875. The molecule has 60 valence electrons. The third-order valence-electron chi connectivity index (χ3n) is 3.31. The minimum atomic E-state index is 0.397. The Labute approximate surface area is 70.3 Å². The maximum absolute atomic E-state index is 11.5. The van der Waals surface area contributed by atoms with Crippen LogP contribution >= 0.6 is 11.8 Å². The van der Waals surface area contributed by atoms with E-state index >= 15 is 0 Å². The standard InChI is InChI=1S/C8H11NOS/c1-9-6-3-4-2-5(8(9)10)7(6)11-4/h4-7H,2-3H2,1H3. The molecule has 0 aliphatic carbocycles. The summed E-state index contributed by atoms with van der Waals surface area (Å²) in [4.78, 5) is 13.5. The van der Waals surface area contributed by atoms with Gasteiger partial charge in [-0.15, -0.1) is 0 Å². The number of likely N-dealkylation sites (tertiary alicyclic amines) is 1. The molecule has 1 amide bonds. The predicted octanol–water partition coefficient (Wildman–Crippen LogP) is 0.721. The summed E-state index contributed by atoms with van der Waals surface area (Å²) in [6.45, 7) is 0. The Bertz CT molecular complexity index is 230. The molecule has 4 atom stereocenters. The van der Waals surface area contributed by atoms with Crippen LogP contribution < -0.4 is 0 Å². The van der Waals surface area contributed by atoms with Crippen LogP contribution in [0.2, 0.25) is 0 Å². The van der Waals surface area contributed by atoms with E-state index in [9.17, 15) is 4.79 Å². The van der Waals surface area contributed by atoms with Crippen LogP contribution in [-0.4, -0.2) is 34.4 Å². The van der Waals surface area contributed by atoms with E-state index in [0.717, 1.165) is 11.7 Å². The highest BCUT2D eigenvalue weighted by atomic mass is 32.2. The third-order valence-corrected chi connectivity index (χ3v) is 5.04. The molecule has 3 aliphatic heterocycles. The zero-order valence-corrected chi connectivity index (χ0v) is 7.30. The van der Waals surface area contributed by atoms with Gasteiger partial charge < -0.3 is 4.90 Å². The molecule has 2 bridgehead atoms. The predicted molar refractivity (Wildman–Crippen MR) is 44.4 cm³/mol.